The van der Waals surface area contributed by atoms with Crippen LogP contribution in [0.1, 0.15) is 42.3 Å². The Labute approximate surface area is 249 Å². The molecule has 3 aromatic rings. The first-order valence-corrected chi connectivity index (χ1v) is 15.4. The zero-order chi connectivity index (χ0) is 28.7. The van der Waals surface area contributed by atoms with E-state index in [9.17, 15) is 5.11 Å². The van der Waals surface area contributed by atoms with E-state index in [0.717, 1.165) is 73.3 Å². The Hall–Kier alpha value is -3.03. The molecule has 0 amide bonds. The highest BCUT2D eigenvalue weighted by molar-refractivity contribution is 7.99. The number of aliphatic hydroxyl groups is 1. The van der Waals surface area contributed by atoms with E-state index in [1.165, 1.54) is 17.3 Å². The van der Waals surface area contributed by atoms with Crippen molar-refractivity contribution < 1.29 is 19.3 Å². The van der Waals surface area contributed by atoms with Gasteiger partial charge in [-0.25, -0.2) is 15.0 Å². The van der Waals surface area contributed by atoms with Crippen LogP contribution in [0.25, 0.3) is 0 Å². The molecule has 0 radical (unpaired) electrons. The van der Waals surface area contributed by atoms with Crippen LogP contribution in [0, 0.1) is 11.3 Å². The average Bonchev–Trinajstić information content (AvgIpc) is 3.56. The zero-order valence-electron chi connectivity index (χ0n) is 23.8. The molecule has 1 unspecified atom stereocenters. The first kappa shape index (κ1) is 27.8. The third-order valence-electron chi connectivity index (χ3n) is 9.26. The molecule has 11 nitrogen and oxygen atoms in total. The summed E-state index contributed by atoms with van der Waals surface area (Å²) in [5.41, 5.74) is 9.67. The van der Waals surface area contributed by atoms with Crippen LogP contribution in [-0.2, 0) is 22.5 Å². The van der Waals surface area contributed by atoms with Gasteiger partial charge in [-0.2, -0.15) is 0 Å². The van der Waals surface area contributed by atoms with E-state index in [1.54, 1.807) is 13.3 Å². The molecule has 4 aliphatic rings. The fourth-order valence-corrected chi connectivity index (χ4v) is 7.97. The van der Waals surface area contributed by atoms with Crippen LogP contribution >= 0.6 is 11.8 Å². The molecule has 3 atom stereocenters. The predicted octanol–water partition coefficient (Wildman–Crippen LogP) is 2.96. The molecule has 3 aromatic heterocycles. The average molecular weight is 592 g/mol. The minimum atomic E-state index is -0.180. The highest BCUT2D eigenvalue weighted by Gasteiger charge is 2.47. The molecule has 42 heavy (non-hydrogen) atoms. The van der Waals surface area contributed by atoms with Crippen LogP contribution in [0.2, 0.25) is 0 Å². The third kappa shape index (κ3) is 4.98. The van der Waals surface area contributed by atoms with Gasteiger partial charge in [-0.05, 0) is 48.8 Å². The van der Waals surface area contributed by atoms with Crippen molar-refractivity contribution in [3.05, 3.63) is 53.7 Å². The Morgan fingerprint density at radius 2 is 2.05 bits per heavy atom. The minimum Gasteiger partial charge on any atom is -0.486 e. The topological polar surface area (TPSA) is 132 Å². The van der Waals surface area contributed by atoms with E-state index >= 15 is 0 Å². The summed E-state index contributed by atoms with van der Waals surface area (Å²) < 4.78 is 16.9. The van der Waals surface area contributed by atoms with E-state index in [-0.39, 0.29) is 24.1 Å². The monoisotopic (exact) mass is 591 g/mol. The Balaban J connectivity index is 1.04. The van der Waals surface area contributed by atoms with Gasteiger partial charge in [-0.15, -0.1) is 0 Å². The predicted molar refractivity (Wildman–Crippen MR) is 158 cm³/mol. The molecule has 0 bridgehead atoms. The maximum atomic E-state index is 10.3. The second kappa shape index (κ2) is 11.6. The summed E-state index contributed by atoms with van der Waals surface area (Å²) >= 11 is 1.49. The highest BCUT2D eigenvalue weighted by atomic mass is 32.2. The molecule has 1 spiro atoms. The lowest BCUT2D eigenvalue weighted by molar-refractivity contribution is -0.0414. The third-order valence-corrected chi connectivity index (χ3v) is 10.2. The fraction of sp³-hybridized carbons (Fsp3) is 0.533. The molecule has 2 saturated heterocycles. The lowest BCUT2D eigenvalue weighted by Crippen LogP contribution is -2.45. The van der Waals surface area contributed by atoms with Gasteiger partial charge in [0, 0.05) is 56.8 Å². The molecule has 7 rings (SSSR count). The van der Waals surface area contributed by atoms with Crippen LogP contribution in [0.3, 0.4) is 0 Å². The number of fused-ring (bicyclic) bond motifs is 4. The second-order valence-corrected chi connectivity index (χ2v) is 12.8. The summed E-state index contributed by atoms with van der Waals surface area (Å²) in [6, 6.07) is 6.34. The Kier molecular flexibility index (Phi) is 7.65. The van der Waals surface area contributed by atoms with E-state index in [4.69, 9.17) is 29.9 Å². The molecule has 3 aliphatic heterocycles. The maximum absolute atomic E-state index is 10.3. The van der Waals surface area contributed by atoms with Crippen LogP contribution in [0.15, 0.2) is 46.7 Å². The number of hydrogen-bond donors (Lipinski definition) is 2. The Morgan fingerprint density at radius 1 is 1.17 bits per heavy atom. The number of methoxy groups -OCH3 is 1. The van der Waals surface area contributed by atoms with Gasteiger partial charge in [0.25, 0.3) is 0 Å². The van der Waals surface area contributed by atoms with Crippen molar-refractivity contribution in [3.63, 3.8) is 0 Å². The smallest absolute Gasteiger partial charge is 0.175 e. The van der Waals surface area contributed by atoms with Crippen molar-refractivity contribution >= 4 is 23.4 Å². The molecule has 0 saturated carbocycles. The first-order chi connectivity index (χ1) is 20.6. The zero-order valence-corrected chi connectivity index (χ0v) is 24.6. The van der Waals surface area contributed by atoms with Crippen molar-refractivity contribution in [1.82, 2.24) is 19.9 Å². The molecule has 12 heteroatoms. The lowest BCUT2D eigenvalue weighted by Gasteiger charge is -2.42. The van der Waals surface area contributed by atoms with E-state index < -0.39 is 0 Å². The molecule has 2 fully saturated rings. The molecule has 222 valence electrons. The van der Waals surface area contributed by atoms with Crippen molar-refractivity contribution in [3.8, 4) is 5.75 Å². The number of hydrogen-bond acceptors (Lipinski definition) is 12. The number of aliphatic hydroxyl groups excluding tert-OH is 1. The number of nitrogens with zero attached hydrogens (tertiary/aromatic N) is 6. The van der Waals surface area contributed by atoms with Gasteiger partial charge in [-0.3, -0.25) is 4.98 Å². The molecular formula is C30H37N7O4S. The van der Waals surface area contributed by atoms with Crippen molar-refractivity contribution in [2.24, 2.45) is 17.1 Å². The van der Waals surface area contributed by atoms with E-state index in [2.05, 4.69) is 25.8 Å². The summed E-state index contributed by atoms with van der Waals surface area (Å²) in [5.74, 6) is 2.79. The van der Waals surface area contributed by atoms with Crippen molar-refractivity contribution in [2.75, 3.05) is 56.6 Å². The van der Waals surface area contributed by atoms with E-state index in [0.29, 0.717) is 36.6 Å². The van der Waals surface area contributed by atoms with Gasteiger partial charge in [0.2, 0.25) is 0 Å². The number of anilines is 2. The van der Waals surface area contributed by atoms with Gasteiger partial charge in [0.1, 0.15) is 24.1 Å². The normalized spacial score (nSPS) is 23.9. The van der Waals surface area contributed by atoms with E-state index in [1.807, 2.05) is 24.5 Å². The fourth-order valence-electron chi connectivity index (χ4n) is 7.11. The van der Waals surface area contributed by atoms with Crippen LogP contribution in [0.4, 0.5) is 11.6 Å². The van der Waals surface area contributed by atoms with Gasteiger partial charge < -0.3 is 34.9 Å². The molecule has 0 aromatic carbocycles. The molecule has 6 heterocycles. The number of rotatable bonds is 8. The second-order valence-electron chi connectivity index (χ2n) is 11.7. The number of ether oxygens (including phenoxy) is 3. The van der Waals surface area contributed by atoms with Gasteiger partial charge in [0.15, 0.2) is 17.4 Å². The standard InChI is InChI=1S/C30H37N7O4S/c1-39-18-40-16-19-11-20-17-41-26-24(4-8-33-29(26)37(20)14-19)42-25-13-34-28(23(15-38)35-25)36-9-5-30(6-10-36)12-22-21(27(30)31)3-2-7-32-22/h2-4,7-8,13,19-20,27,38H,5-6,9-12,14-18,31H2,1H3/t19-,20?,27-/m1/s1. The molecule has 3 N–H and O–H groups in total. The Morgan fingerprint density at radius 3 is 2.86 bits per heavy atom. The van der Waals surface area contributed by atoms with Crippen LogP contribution < -0.4 is 20.3 Å². The Bertz CT molecular complexity index is 1440. The van der Waals surface area contributed by atoms with Gasteiger partial charge in [0.05, 0.1) is 30.3 Å². The number of piperidine rings is 1. The number of aromatic nitrogens is 4. The number of nitrogens with two attached hydrogens (primary N) is 1. The SMILES string of the molecule is COCOC[C@@H]1CC2COc3c(Sc4cnc(N5CCC6(CC5)Cc5ncccc5[C@H]6N)c(CO)n4)ccnc3N2C1. The quantitative estimate of drug-likeness (QED) is 0.295. The summed E-state index contributed by atoms with van der Waals surface area (Å²) in [7, 11) is 1.64. The van der Waals surface area contributed by atoms with Crippen molar-refractivity contribution in [1.29, 1.82) is 0 Å². The van der Waals surface area contributed by atoms with Crippen molar-refractivity contribution in [2.45, 2.75) is 54.3 Å². The first-order valence-electron chi connectivity index (χ1n) is 14.6. The highest BCUT2D eigenvalue weighted by Crippen LogP contribution is 2.50. The summed E-state index contributed by atoms with van der Waals surface area (Å²) in [5, 5.41) is 11.0. The molecular weight excluding hydrogens is 554 g/mol. The minimum absolute atomic E-state index is 0.00440. The number of pyridine rings is 2. The van der Waals surface area contributed by atoms with Crippen LogP contribution in [0.5, 0.6) is 5.75 Å². The largest absolute Gasteiger partial charge is 0.486 e. The van der Waals surface area contributed by atoms with Gasteiger partial charge in [-0.1, -0.05) is 17.8 Å². The molecule has 1 aliphatic carbocycles. The maximum Gasteiger partial charge on any atom is 0.175 e. The van der Waals surface area contributed by atoms with Crippen LogP contribution in [-0.4, -0.2) is 77.8 Å². The van der Waals surface area contributed by atoms with Gasteiger partial charge >= 0.3 is 0 Å². The summed E-state index contributed by atoms with van der Waals surface area (Å²) in [4.78, 5) is 24.4. The summed E-state index contributed by atoms with van der Waals surface area (Å²) in [6.45, 7) is 3.90. The lowest BCUT2D eigenvalue weighted by atomic mass is 9.73. The summed E-state index contributed by atoms with van der Waals surface area (Å²) in [6.07, 6.45) is 9.29.